The molecule has 0 unspecified atom stereocenters. The van der Waals surface area contributed by atoms with Crippen molar-refractivity contribution in [3.63, 3.8) is 0 Å². The van der Waals surface area contributed by atoms with Crippen molar-refractivity contribution in [1.29, 1.82) is 0 Å². The summed E-state index contributed by atoms with van der Waals surface area (Å²) in [6, 6.07) is 0. The molecular weight excluding hydrogens is 220 g/mol. The number of nitrogens with two attached hydrogens (primary N) is 1. The lowest BCUT2D eigenvalue weighted by molar-refractivity contribution is 0.0691. The number of carboxylic acids is 1. The molecule has 0 aromatic carbocycles. The van der Waals surface area contributed by atoms with E-state index in [0.717, 1.165) is 6.42 Å². The standard InChI is InChI=1S/C11H18N4O2/c1-7(2)10-14-6-8(13-5-3-4-12)9(15-10)11(16)17/h6-7,13H,3-5,12H2,1-2H3,(H,16,17). The molecule has 94 valence electrons. The van der Waals surface area contributed by atoms with E-state index in [0.29, 0.717) is 24.6 Å². The van der Waals surface area contributed by atoms with Crippen LogP contribution < -0.4 is 11.1 Å². The first-order chi connectivity index (χ1) is 8.06. The Balaban J connectivity index is 2.92. The first-order valence-electron chi connectivity index (χ1n) is 5.60. The normalized spacial score (nSPS) is 10.6. The minimum atomic E-state index is -1.05. The molecule has 0 saturated heterocycles. The highest BCUT2D eigenvalue weighted by Crippen LogP contribution is 2.16. The Labute approximate surface area is 100 Å². The average Bonchev–Trinajstić information content (AvgIpc) is 2.29. The number of anilines is 1. The van der Waals surface area contributed by atoms with Crippen LogP contribution in [0.3, 0.4) is 0 Å². The fourth-order valence-corrected chi connectivity index (χ4v) is 1.29. The number of carbonyl (C=O) groups is 1. The lowest BCUT2D eigenvalue weighted by Crippen LogP contribution is -2.14. The molecule has 0 aliphatic rings. The van der Waals surface area contributed by atoms with Crippen LogP contribution in [-0.2, 0) is 0 Å². The lowest BCUT2D eigenvalue weighted by atomic mass is 10.2. The molecule has 0 atom stereocenters. The molecule has 0 amide bonds. The van der Waals surface area contributed by atoms with Crippen molar-refractivity contribution in [3.8, 4) is 0 Å². The van der Waals surface area contributed by atoms with Crippen LogP contribution in [0.2, 0.25) is 0 Å². The minimum Gasteiger partial charge on any atom is -0.476 e. The fraction of sp³-hybridized carbons (Fsp3) is 0.545. The molecule has 1 aromatic heterocycles. The topological polar surface area (TPSA) is 101 Å². The summed E-state index contributed by atoms with van der Waals surface area (Å²) in [4.78, 5) is 19.3. The number of hydrogen-bond donors (Lipinski definition) is 3. The van der Waals surface area contributed by atoms with Gasteiger partial charge in [0.1, 0.15) is 5.82 Å². The number of rotatable bonds is 6. The van der Waals surface area contributed by atoms with E-state index < -0.39 is 5.97 Å². The van der Waals surface area contributed by atoms with E-state index in [1.807, 2.05) is 13.8 Å². The van der Waals surface area contributed by atoms with E-state index in [2.05, 4.69) is 15.3 Å². The summed E-state index contributed by atoms with van der Waals surface area (Å²) < 4.78 is 0. The number of nitrogens with one attached hydrogen (secondary N) is 1. The van der Waals surface area contributed by atoms with Gasteiger partial charge in [-0.05, 0) is 13.0 Å². The molecule has 6 heteroatoms. The van der Waals surface area contributed by atoms with Crippen molar-refractivity contribution in [2.24, 2.45) is 5.73 Å². The van der Waals surface area contributed by atoms with Crippen molar-refractivity contribution in [1.82, 2.24) is 9.97 Å². The molecule has 1 aromatic rings. The van der Waals surface area contributed by atoms with Crippen LogP contribution in [0.1, 0.15) is 42.5 Å². The summed E-state index contributed by atoms with van der Waals surface area (Å²) in [5.41, 5.74) is 5.82. The van der Waals surface area contributed by atoms with Gasteiger partial charge in [0, 0.05) is 12.5 Å². The SMILES string of the molecule is CC(C)c1ncc(NCCCN)c(C(=O)O)n1. The quantitative estimate of drug-likeness (QED) is 0.640. The first kappa shape index (κ1) is 13.4. The Morgan fingerprint density at radius 2 is 2.29 bits per heavy atom. The van der Waals surface area contributed by atoms with Crippen LogP contribution in [0.5, 0.6) is 0 Å². The molecule has 0 aliphatic heterocycles. The average molecular weight is 238 g/mol. The number of nitrogens with zero attached hydrogens (tertiary/aromatic N) is 2. The maximum absolute atomic E-state index is 11.1. The summed E-state index contributed by atoms with van der Waals surface area (Å²) in [7, 11) is 0. The van der Waals surface area contributed by atoms with Gasteiger partial charge in [0.2, 0.25) is 0 Å². The van der Waals surface area contributed by atoms with Crippen LogP contribution in [0, 0.1) is 0 Å². The predicted molar refractivity (Wildman–Crippen MR) is 65.2 cm³/mol. The van der Waals surface area contributed by atoms with E-state index in [9.17, 15) is 4.79 Å². The van der Waals surface area contributed by atoms with E-state index in [4.69, 9.17) is 10.8 Å². The Bertz CT molecular complexity index is 393. The molecule has 0 saturated carbocycles. The number of carboxylic acid groups (broad SMARTS) is 1. The van der Waals surface area contributed by atoms with Gasteiger partial charge in [0.25, 0.3) is 0 Å². The summed E-state index contributed by atoms with van der Waals surface area (Å²) in [5.74, 6) is -0.414. The van der Waals surface area contributed by atoms with Gasteiger partial charge in [0.15, 0.2) is 5.69 Å². The summed E-state index contributed by atoms with van der Waals surface area (Å²) in [6.07, 6.45) is 2.29. The van der Waals surface area contributed by atoms with Gasteiger partial charge >= 0.3 is 5.97 Å². The van der Waals surface area contributed by atoms with Crippen LogP contribution in [0.15, 0.2) is 6.20 Å². The zero-order valence-electron chi connectivity index (χ0n) is 10.1. The maximum atomic E-state index is 11.1. The van der Waals surface area contributed by atoms with Crippen LogP contribution in [0.25, 0.3) is 0 Å². The molecular formula is C11H18N4O2. The van der Waals surface area contributed by atoms with E-state index >= 15 is 0 Å². The van der Waals surface area contributed by atoms with Crippen molar-refractivity contribution in [2.45, 2.75) is 26.2 Å². The summed E-state index contributed by atoms with van der Waals surface area (Å²) >= 11 is 0. The van der Waals surface area contributed by atoms with Crippen molar-refractivity contribution in [3.05, 3.63) is 17.7 Å². The second kappa shape index (κ2) is 6.15. The fourth-order valence-electron chi connectivity index (χ4n) is 1.29. The van der Waals surface area contributed by atoms with Crippen LogP contribution in [-0.4, -0.2) is 34.1 Å². The van der Waals surface area contributed by atoms with Gasteiger partial charge in [-0.15, -0.1) is 0 Å². The second-order valence-corrected chi connectivity index (χ2v) is 4.02. The third-order valence-electron chi connectivity index (χ3n) is 2.22. The van der Waals surface area contributed by atoms with Crippen molar-refractivity contribution >= 4 is 11.7 Å². The zero-order chi connectivity index (χ0) is 12.8. The minimum absolute atomic E-state index is 0.0146. The van der Waals surface area contributed by atoms with Crippen molar-refractivity contribution in [2.75, 3.05) is 18.4 Å². The number of hydrogen-bond acceptors (Lipinski definition) is 5. The molecule has 6 nitrogen and oxygen atoms in total. The zero-order valence-corrected chi connectivity index (χ0v) is 10.1. The van der Waals surface area contributed by atoms with Crippen LogP contribution in [0.4, 0.5) is 5.69 Å². The Morgan fingerprint density at radius 3 is 2.82 bits per heavy atom. The Morgan fingerprint density at radius 1 is 1.59 bits per heavy atom. The number of aromatic carboxylic acids is 1. The largest absolute Gasteiger partial charge is 0.476 e. The van der Waals surface area contributed by atoms with Crippen LogP contribution >= 0.6 is 0 Å². The molecule has 0 aliphatic carbocycles. The molecule has 0 bridgehead atoms. The van der Waals surface area contributed by atoms with Gasteiger partial charge in [-0.3, -0.25) is 0 Å². The van der Waals surface area contributed by atoms with Gasteiger partial charge in [-0.1, -0.05) is 13.8 Å². The van der Waals surface area contributed by atoms with E-state index in [1.165, 1.54) is 6.20 Å². The Hall–Kier alpha value is -1.69. The predicted octanol–water partition coefficient (Wildman–Crippen LogP) is 1.06. The molecule has 0 spiro atoms. The number of aromatic nitrogens is 2. The summed E-state index contributed by atoms with van der Waals surface area (Å²) in [5, 5.41) is 12.0. The van der Waals surface area contributed by atoms with Gasteiger partial charge in [0.05, 0.1) is 11.9 Å². The highest BCUT2D eigenvalue weighted by Gasteiger charge is 2.15. The smallest absolute Gasteiger partial charge is 0.356 e. The van der Waals surface area contributed by atoms with Gasteiger partial charge in [-0.25, -0.2) is 14.8 Å². The highest BCUT2D eigenvalue weighted by atomic mass is 16.4. The van der Waals surface area contributed by atoms with Gasteiger partial charge in [-0.2, -0.15) is 0 Å². The maximum Gasteiger partial charge on any atom is 0.356 e. The molecule has 0 radical (unpaired) electrons. The van der Waals surface area contributed by atoms with E-state index in [1.54, 1.807) is 0 Å². The third-order valence-corrected chi connectivity index (χ3v) is 2.22. The first-order valence-corrected chi connectivity index (χ1v) is 5.60. The highest BCUT2D eigenvalue weighted by molar-refractivity contribution is 5.91. The van der Waals surface area contributed by atoms with Crippen molar-refractivity contribution < 1.29 is 9.90 Å². The molecule has 1 rings (SSSR count). The Kier molecular flexibility index (Phi) is 4.84. The molecule has 17 heavy (non-hydrogen) atoms. The molecule has 1 heterocycles. The molecule has 0 fully saturated rings. The summed E-state index contributed by atoms with van der Waals surface area (Å²) in [6.45, 7) is 5.01. The lowest BCUT2D eigenvalue weighted by Gasteiger charge is -2.10. The van der Waals surface area contributed by atoms with E-state index in [-0.39, 0.29) is 11.6 Å². The van der Waals surface area contributed by atoms with Gasteiger partial charge < -0.3 is 16.2 Å². The molecule has 4 N–H and O–H groups in total. The third kappa shape index (κ3) is 3.67. The second-order valence-electron chi connectivity index (χ2n) is 4.02. The monoisotopic (exact) mass is 238 g/mol.